The van der Waals surface area contributed by atoms with Crippen molar-refractivity contribution in [2.24, 2.45) is 0 Å². The monoisotopic (exact) mass is 397 g/mol. The number of nitrogens with one attached hydrogen (secondary N) is 3. The first-order valence-corrected chi connectivity index (χ1v) is 10.2. The van der Waals surface area contributed by atoms with Gasteiger partial charge in [0.05, 0.1) is 19.3 Å². The molecule has 0 saturated carbocycles. The van der Waals surface area contributed by atoms with Crippen molar-refractivity contribution < 1.29 is 9.53 Å². The van der Waals surface area contributed by atoms with Crippen LogP contribution in [0.1, 0.15) is 30.5 Å². The van der Waals surface area contributed by atoms with Crippen LogP contribution in [0.2, 0.25) is 0 Å². The lowest BCUT2D eigenvalue weighted by atomic mass is 10.1. The number of carbonyl (C=O) groups excluding carboxylic acids is 1. The van der Waals surface area contributed by atoms with Crippen LogP contribution >= 0.6 is 0 Å². The number of rotatable bonds is 6. The maximum absolute atomic E-state index is 12.3. The highest BCUT2D eigenvalue weighted by atomic mass is 16.5. The zero-order chi connectivity index (χ0) is 20.2. The molecule has 154 valence electrons. The lowest BCUT2D eigenvalue weighted by Gasteiger charge is -2.32. The number of nitrogens with zero attached hydrogens (tertiary/aromatic N) is 2. The van der Waals surface area contributed by atoms with Crippen LogP contribution in [0.5, 0.6) is 5.75 Å². The molecule has 1 aliphatic heterocycles. The number of ether oxygens (including phenoxy) is 1. The quantitative estimate of drug-likeness (QED) is 0.687. The molecule has 0 unspecified atom stereocenters. The van der Waals surface area contributed by atoms with E-state index in [1.54, 1.807) is 13.2 Å². The minimum atomic E-state index is -0.0331. The Hall–Kier alpha value is -2.87. The van der Waals surface area contributed by atoms with E-state index in [0.29, 0.717) is 18.2 Å². The molecule has 0 spiro atoms. The van der Waals surface area contributed by atoms with Crippen molar-refractivity contribution in [3.05, 3.63) is 45.9 Å². The maximum atomic E-state index is 12.3. The summed E-state index contributed by atoms with van der Waals surface area (Å²) in [5.74, 6) is 1.26. The van der Waals surface area contributed by atoms with Gasteiger partial charge in [0.1, 0.15) is 5.75 Å². The van der Waals surface area contributed by atoms with Crippen molar-refractivity contribution in [1.29, 1.82) is 0 Å². The molecule has 0 bridgehead atoms. The molecule has 0 atom stereocenters. The number of carbonyl (C=O) groups is 1. The summed E-state index contributed by atoms with van der Waals surface area (Å²) in [5.41, 5.74) is 2.49. The third-order valence-electron chi connectivity index (χ3n) is 5.59. The summed E-state index contributed by atoms with van der Waals surface area (Å²) >= 11 is 0. The number of benzene rings is 1. The minimum absolute atomic E-state index is 0.0124. The highest BCUT2D eigenvalue weighted by Gasteiger charge is 2.23. The Morgan fingerprint density at radius 2 is 2.14 bits per heavy atom. The third kappa shape index (κ3) is 4.76. The smallest absolute Gasteiger partial charge is 0.255 e. The summed E-state index contributed by atoms with van der Waals surface area (Å²) in [6, 6.07) is 7.59. The van der Waals surface area contributed by atoms with E-state index in [-0.39, 0.29) is 17.5 Å². The highest BCUT2D eigenvalue weighted by Crippen LogP contribution is 2.19. The second-order valence-electron chi connectivity index (χ2n) is 7.67. The number of hydrogen-bond donors (Lipinski definition) is 3. The van der Waals surface area contributed by atoms with Gasteiger partial charge in [-0.1, -0.05) is 6.07 Å². The molecular formula is C21H27N5O3. The highest BCUT2D eigenvalue weighted by molar-refractivity contribution is 5.92. The van der Waals surface area contributed by atoms with Gasteiger partial charge in [0, 0.05) is 36.4 Å². The maximum Gasteiger partial charge on any atom is 0.255 e. The van der Waals surface area contributed by atoms with Crippen molar-refractivity contribution in [2.45, 2.75) is 38.1 Å². The number of aromatic amines is 1. The van der Waals surface area contributed by atoms with Gasteiger partial charge in [-0.15, -0.1) is 0 Å². The van der Waals surface area contributed by atoms with Gasteiger partial charge >= 0.3 is 0 Å². The number of fused-ring (bicyclic) bond motifs is 1. The molecule has 2 aromatic rings. The number of hydrogen-bond acceptors (Lipinski definition) is 6. The Bertz CT molecular complexity index is 934. The number of anilines is 2. The summed E-state index contributed by atoms with van der Waals surface area (Å²) < 4.78 is 5.18. The van der Waals surface area contributed by atoms with Crippen LogP contribution in [-0.4, -0.2) is 53.6 Å². The predicted molar refractivity (Wildman–Crippen MR) is 112 cm³/mol. The summed E-state index contributed by atoms with van der Waals surface area (Å²) in [7, 11) is 1.60. The van der Waals surface area contributed by atoms with Crippen LogP contribution in [0.15, 0.2) is 29.1 Å². The lowest BCUT2D eigenvalue weighted by molar-refractivity contribution is -0.117. The molecule has 1 saturated heterocycles. The lowest BCUT2D eigenvalue weighted by Crippen LogP contribution is -2.43. The molecule has 3 N–H and O–H groups in total. The molecule has 8 heteroatoms. The van der Waals surface area contributed by atoms with Gasteiger partial charge in [-0.05, 0) is 44.2 Å². The SMILES string of the molecule is COc1cccc(NC(=O)CN2CCC(Nc3nc4c(c(=O)[nH]3)CCC4)CC2)c1. The largest absolute Gasteiger partial charge is 0.497 e. The first-order chi connectivity index (χ1) is 14.1. The molecule has 2 heterocycles. The molecule has 8 nitrogen and oxygen atoms in total. The molecule has 29 heavy (non-hydrogen) atoms. The summed E-state index contributed by atoms with van der Waals surface area (Å²) in [4.78, 5) is 34.1. The van der Waals surface area contributed by atoms with Crippen LogP contribution < -0.4 is 20.9 Å². The van der Waals surface area contributed by atoms with Crippen molar-refractivity contribution in [2.75, 3.05) is 37.4 Å². The van der Waals surface area contributed by atoms with Crippen molar-refractivity contribution in [3.63, 3.8) is 0 Å². The Morgan fingerprint density at radius 1 is 1.31 bits per heavy atom. The van der Waals surface area contributed by atoms with Crippen molar-refractivity contribution >= 4 is 17.5 Å². The Kier molecular flexibility index (Phi) is 5.80. The molecule has 0 radical (unpaired) electrons. The standard InChI is InChI=1S/C21H27N5O3/c1-29-16-5-2-4-15(12-16)22-19(27)13-26-10-8-14(9-11-26)23-21-24-18-7-3-6-17(18)20(28)25-21/h2,4-5,12,14H,3,6-11,13H2,1H3,(H,22,27)(H2,23,24,25,28). The van der Waals surface area contributed by atoms with Gasteiger partial charge in [0.15, 0.2) is 0 Å². The summed E-state index contributed by atoms with van der Waals surface area (Å²) in [5, 5.41) is 6.29. The van der Waals surface area contributed by atoms with E-state index in [2.05, 4.69) is 25.5 Å². The van der Waals surface area contributed by atoms with Crippen molar-refractivity contribution in [1.82, 2.24) is 14.9 Å². The van der Waals surface area contributed by atoms with E-state index in [1.165, 1.54) is 0 Å². The third-order valence-corrected chi connectivity index (χ3v) is 5.59. The zero-order valence-corrected chi connectivity index (χ0v) is 16.7. The first kappa shape index (κ1) is 19.4. The molecule has 1 aromatic carbocycles. The fourth-order valence-electron chi connectivity index (χ4n) is 4.04. The number of amides is 1. The number of H-pyrrole nitrogens is 1. The van der Waals surface area contributed by atoms with Gasteiger partial charge in [-0.2, -0.15) is 0 Å². The van der Waals surface area contributed by atoms with Crippen LogP contribution in [0.4, 0.5) is 11.6 Å². The average Bonchev–Trinajstić information content (AvgIpc) is 3.19. The Balaban J connectivity index is 1.26. The number of piperidine rings is 1. The van der Waals surface area contributed by atoms with Gasteiger partial charge in [-0.3, -0.25) is 19.5 Å². The van der Waals surface area contributed by atoms with Crippen molar-refractivity contribution in [3.8, 4) is 5.75 Å². The first-order valence-electron chi connectivity index (χ1n) is 10.2. The van der Waals surface area contributed by atoms with E-state index < -0.39 is 0 Å². The molecule has 2 aliphatic rings. The van der Waals surface area contributed by atoms with E-state index in [4.69, 9.17) is 4.74 Å². The predicted octanol–water partition coefficient (Wildman–Crippen LogP) is 1.78. The van der Waals surface area contributed by atoms with Gasteiger partial charge < -0.3 is 15.4 Å². The summed E-state index contributed by atoms with van der Waals surface area (Å²) in [6.45, 7) is 1.99. The second-order valence-corrected chi connectivity index (χ2v) is 7.67. The minimum Gasteiger partial charge on any atom is -0.497 e. The molecular weight excluding hydrogens is 370 g/mol. The van der Waals surface area contributed by atoms with Gasteiger partial charge in [-0.25, -0.2) is 4.98 Å². The van der Waals surface area contributed by atoms with Gasteiger partial charge in [0.2, 0.25) is 11.9 Å². The number of aromatic nitrogens is 2. The zero-order valence-electron chi connectivity index (χ0n) is 16.7. The molecule has 1 aliphatic carbocycles. The Labute approximate surface area is 169 Å². The van der Waals surface area contributed by atoms with Crippen LogP contribution in [0.3, 0.4) is 0 Å². The second kappa shape index (κ2) is 8.65. The fourth-order valence-corrected chi connectivity index (χ4v) is 4.04. The number of aryl methyl sites for hydroxylation is 1. The average molecular weight is 397 g/mol. The van der Waals surface area contributed by atoms with E-state index in [0.717, 1.165) is 62.1 Å². The van der Waals surface area contributed by atoms with E-state index in [9.17, 15) is 9.59 Å². The number of methoxy groups -OCH3 is 1. The molecule has 1 amide bonds. The van der Waals surface area contributed by atoms with Crippen LogP contribution in [-0.2, 0) is 17.6 Å². The summed E-state index contributed by atoms with van der Waals surface area (Å²) in [6.07, 6.45) is 4.51. The fraction of sp³-hybridized carbons (Fsp3) is 0.476. The van der Waals surface area contributed by atoms with E-state index >= 15 is 0 Å². The van der Waals surface area contributed by atoms with Crippen LogP contribution in [0.25, 0.3) is 0 Å². The molecule has 1 aromatic heterocycles. The normalized spacial score (nSPS) is 17.0. The molecule has 1 fully saturated rings. The Morgan fingerprint density at radius 3 is 2.93 bits per heavy atom. The van der Waals surface area contributed by atoms with E-state index in [1.807, 2.05) is 18.2 Å². The van der Waals surface area contributed by atoms with Crippen LogP contribution in [0, 0.1) is 0 Å². The topological polar surface area (TPSA) is 99.3 Å². The number of likely N-dealkylation sites (tertiary alicyclic amines) is 1. The molecule has 4 rings (SSSR count). The van der Waals surface area contributed by atoms with Gasteiger partial charge in [0.25, 0.3) is 5.56 Å².